The number of amides is 1. The van der Waals surface area contributed by atoms with Gasteiger partial charge in [0.15, 0.2) is 6.61 Å². The Morgan fingerprint density at radius 3 is 2.56 bits per heavy atom. The number of hydrogen-bond acceptors (Lipinski definition) is 4. The molecule has 1 unspecified atom stereocenters. The van der Waals surface area contributed by atoms with Crippen molar-refractivity contribution in [1.29, 1.82) is 0 Å². The molecule has 0 bridgehead atoms. The molecular weight excluding hydrogens is 342 g/mol. The summed E-state index contributed by atoms with van der Waals surface area (Å²) in [5.74, 6) is -0.304. The third-order valence-electron chi connectivity index (χ3n) is 4.60. The van der Waals surface area contributed by atoms with Crippen LogP contribution in [0.25, 0.3) is 0 Å². The van der Waals surface area contributed by atoms with Gasteiger partial charge in [-0.15, -0.1) is 0 Å². The molecule has 1 aromatic rings. The van der Waals surface area contributed by atoms with Crippen LogP contribution >= 0.6 is 11.6 Å². The number of methoxy groups -OCH3 is 1. The fraction of sp³-hybridized carbons (Fsp3) is 0.579. The monoisotopic (exact) mass is 367 g/mol. The molecule has 0 saturated heterocycles. The number of carbonyl (C=O) groups is 2. The fourth-order valence-electron chi connectivity index (χ4n) is 3.20. The van der Waals surface area contributed by atoms with E-state index in [1.54, 1.807) is 24.0 Å². The molecule has 0 heterocycles. The number of carbonyl (C=O) groups excluding carboxylic acids is 2. The summed E-state index contributed by atoms with van der Waals surface area (Å²) in [6, 6.07) is 7.23. The van der Waals surface area contributed by atoms with Gasteiger partial charge in [0.05, 0.1) is 18.1 Å². The lowest BCUT2D eigenvalue weighted by Crippen LogP contribution is -2.47. The standard InChI is InChI=1S/C19H26ClNO4/c1-14(19(23)24-2)12-21(15-8-4-3-5-9-15)18(22)13-25-17-11-7-6-10-16(17)20/h6-7,10-11,14-15H,3-5,8-9,12-13H2,1-2H3. The van der Waals surface area contributed by atoms with Crippen LogP contribution in [0.1, 0.15) is 39.0 Å². The first kappa shape index (κ1) is 19.6. The van der Waals surface area contributed by atoms with E-state index in [-0.39, 0.29) is 30.4 Å². The number of halogens is 1. The van der Waals surface area contributed by atoms with Crippen molar-refractivity contribution in [2.75, 3.05) is 20.3 Å². The molecule has 6 heteroatoms. The average molecular weight is 368 g/mol. The van der Waals surface area contributed by atoms with Gasteiger partial charge in [-0.25, -0.2) is 0 Å². The van der Waals surface area contributed by atoms with Crippen molar-refractivity contribution in [3.8, 4) is 5.75 Å². The number of para-hydroxylation sites is 1. The Morgan fingerprint density at radius 1 is 1.24 bits per heavy atom. The molecule has 1 saturated carbocycles. The largest absolute Gasteiger partial charge is 0.482 e. The molecule has 0 N–H and O–H groups in total. The Labute approximate surface area is 154 Å². The molecule has 1 aliphatic rings. The maximum Gasteiger partial charge on any atom is 0.310 e. The van der Waals surface area contributed by atoms with Crippen LogP contribution < -0.4 is 4.74 Å². The molecule has 0 aromatic heterocycles. The second kappa shape index (κ2) is 9.66. The molecule has 2 rings (SSSR count). The summed E-state index contributed by atoms with van der Waals surface area (Å²) in [4.78, 5) is 26.3. The van der Waals surface area contributed by atoms with Gasteiger partial charge in [-0.1, -0.05) is 49.9 Å². The highest BCUT2D eigenvalue weighted by molar-refractivity contribution is 6.32. The van der Waals surface area contributed by atoms with Crippen LogP contribution in [-0.4, -0.2) is 43.1 Å². The van der Waals surface area contributed by atoms with E-state index in [0.717, 1.165) is 25.7 Å². The van der Waals surface area contributed by atoms with Gasteiger partial charge in [0.2, 0.25) is 0 Å². The highest BCUT2D eigenvalue weighted by Crippen LogP contribution is 2.25. The van der Waals surface area contributed by atoms with E-state index in [4.69, 9.17) is 21.1 Å². The van der Waals surface area contributed by atoms with E-state index in [2.05, 4.69) is 0 Å². The summed E-state index contributed by atoms with van der Waals surface area (Å²) in [5, 5.41) is 0.474. The highest BCUT2D eigenvalue weighted by Gasteiger charge is 2.29. The number of nitrogens with zero attached hydrogens (tertiary/aromatic N) is 1. The SMILES string of the molecule is COC(=O)C(C)CN(C(=O)COc1ccccc1Cl)C1CCCCC1. The van der Waals surface area contributed by atoms with Crippen molar-refractivity contribution < 1.29 is 19.1 Å². The van der Waals surface area contributed by atoms with Crippen LogP contribution in [0.15, 0.2) is 24.3 Å². The summed E-state index contributed by atoms with van der Waals surface area (Å²) >= 11 is 6.07. The zero-order valence-electron chi connectivity index (χ0n) is 14.9. The Bertz CT molecular complexity index is 587. The zero-order valence-corrected chi connectivity index (χ0v) is 15.6. The molecule has 0 aliphatic heterocycles. The topological polar surface area (TPSA) is 55.8 Å². The minimum absolute atomic E-state index is 0.0892. The number of rotatable bonds is 7. The van der Waals surface area contributed by atoms with E-state index < -0.39 is 0 Å². The summed E-state index contributed by atoms with van der Waals surface area (Å²) < 4.78 is 10.4. The van der Waals surface area contributed by atoms with Crippen LogP contribution in [-0.2, 0) is 14.3 Å². The summed E-state index contributed by atoms with van der Waals surface area (Å²) in [6.07, 6.45) is 5.33. The maximum absolute atomic E-state index is 12.8. The van der Waals surface area contributed by atoms with E-state index in [1.165, 1.54) is 13.5 Å². The highest BCUT2D eigenvalue weighted by atomic mass is 35.5. The van der Waals surface area contributed by atoms with Gasteiger partial charge in [0, 0.05) is 12.6 Å². The van der Waals surface area contributed by atoms with Crippen LogP contribution in [0, 0.1) is 5.92 Å². The lowest BCUT2D eigenvalue weighted by Gasteiger charge is -2.35. The van der Waals surface area contributed by atoms with Crippen LogP contribution in [0.4, 0.5) is 0 Å². The Balaban J connectivity index is 2.03. The maximum atomic E-state index is 12.8. The molecule has 1 fully saturated rings. The van der Waals surface area contributed by atoms with Crippen molar-refractivity contribution in [3.63, 3.8) is 0 Å². The Morgan fingerprint density at radius 2 is 1.92 bits per heavy atom. The molecule has 25 heavy (non-hydrogen) atoms. The molecule has 0 radical (unpaired) electrons. The first-order chi connectivity index (χ1) is 12.0. The first-order valence-electron chi connectivity index (χ1n) is 8.77. The molecule has 1 atom stereocenters. The first-order valence-corrected chi connectivity index (χ1v) is 9.15. The van der Waals surface area contributed by atoms with E-state index in [0.29, 0.717) is 17.3 Å². The zero-order chi connectivity index (χ0) is 18.2. The molecule has 1 aromatic carbocycles. The molecule has 0 spiro atoms. The number of ether oxygens (including phenoxy) is 2. The number of esters is 1. The van der Waals surface area contributed by atoms with Gasteiger partial charge in [0.1, 0.15) is 5.75 Å². The predicted molar refractivity (Wildman–Crippen MR) is 96.7 cm³/mol. The molecular formula is C19H26ClNO4. The van der Waals surface area contributed by atoms with E-state index in [1.807, 2.05) is 12.1 Å². The van der Waals surface area contributed by atoms with Crippen LogP contribution in [0.2, 0.25) is 5.02 Å². The van der Waals surface area contributed by atoms with Crippen molar-refractivity contribution in [2.24, 2.45) is 5.92 Å². The quantitative estimate of drug-likeness (QED) is 0.690. The normalized spacial score (nSPS) is 16.1. The lowest BCUT2D eigenvalue weighted by atomic mass is 9.93. The number of benzene rings is 1. The molecule has 1 amide bonds. The van der Waals surface area contributed by atoms with Gasteiger partial charge in [-0.3, -0.25) is 9.59 Å². The average Bonchev–Trinajstić information content (AvgIpc) is 2.65. The minimum Gasteiger partial charge on any atom is -0.482 e. The summed E-state index contributed by atoms with van der Waals surface area (Å²) in [6.45, 7) is 2.04. The van der Waals surface area contributed by atoms with E-state index in [9.17, 15) is 9.59 Å². The second-order valence-electron chi connectivity index (χ2n) is 6.48. The van der Waals surface area contributed by atoms with Gasteiger partial charge in [-0.2, -0.15) is 0 Å². The smallest absolute Gasteiger partial charge is 0.310 e. The minimum atomic E-state index is -0.365. The molecule has 1 aliphatic carbocycles. The van der Waals surface area contributed by atoms with Gasteiger partial charge < -0.3 is 14.4 Å². The van der Waals surface area contributed by atoms with Crippen molar-refractivity contribution in [2.45, 2.75) is 45.1 Å². The Kier molecular flexibility index (Phi) is 7.56. The lowest BCUT2D eigenvalue weighted by molar-refractivity contribution is -0.147. The van der Waals surface area contributed by atoms with Crippen molar-refractivity contribution >= 4 is 23.5 Å². The van der Waals surface area contributed by atoms with E-state index >= 15 is 0 Å². The predicted octanol–water partition coefficient (Wildman–Crippen LogP) is 3.69. The molecule has 5 nitrogen and oxygen atoms in total. The third kappa shape index (κ3) is 5.63. The fourth-order valence-corrected chi connectivity index (χ4v) is 3.39. The van der Waals surface area contributed by atoms with Crippen LogP contribution in [0.5, 0.6) is 5.75 Å². The summed E-state index contributed by atoms with van der Waals surface area (Å²) in [7, 11) is 1.37. The number of hydrogen-bond donors (Lipinski definition) is 0. The summed E-state index contributed by atoms with van der Waals surface area (Å²) in [5.41, 5.74) is 0. The second-order valence-corrected chi connectivity index (χ2v) is 6.89. The van der Waals surface area contributed by atoms with Gasteiger partial charge >= 0.3 is 5.97 Å². The van der Waals surface area contributed by atoms with Crippen molar-refractivity contribution in [1.82, 2.24) is 4.90 Å². The van der Waals surface area contributed by atoms with Gasteiger partial charge in [0.25, 0.3) is 5.91 Å². The van der Waals surface area contributed by atoms with Crippen LogP contribution in [0.3, 0.4) is 0 Å². The Hall–Kier alpha value is -1.75. The van der Waals surface area contributed by atoms with Gasteiger partial charge in [-0.05, 0) is 25.0 Å². The third-order valence-corrected chi connectivity index (χ3v) is 4.91. The van der Waals surface area contributed by atoms with Crippen molar-refractivity contribution in [3.05, 3.63) is 29.3 Å². The molecule has 138 valence electrons.